The lowest BCUT2D eigenvalue weighted by atomic mass is 9.81. The number of aryl methyl sites for hydroxylation is 2. The number of halogens is 5. The highest BCUT2D eigenvalue weighted by Gasteiger charge is 2.50. The van der Waals surface area contributed by atoms with Gasteiger partial charge in [-0.1, -0.05) is 101 Å². The van der Waals surface area contributed by atoms with E-state index in [-0.39, 0.29) is 30.4 Å². The first-order valence-electron chi connectivity index (χ1n) is 17.5. The third-order valence-electron chi connectivity index (χ3n) is 10.4. The fourth-order valence-electron chi connectivity index (χ4n) is 6.96. The lowest BCUT2D eigenvalue weighted by Gasteiger charge is -2.48. The van der Waals surface area contributed by atoms with Gasteiger partial charge in [0.1, 0.15) is 5.75 Å². The van der Waals surface area contributed by atoms with E-state index in [0.717, 1.165) is 58.4 Å². The Bertz CT molecular complexity index is 1820. The number of nitrogens with zero attached hydrogens (tertiary/aromatic N) is 2. The van der Waals surface area contributed by atoms with E-state index in [9.17, 15) is 9.59 Å². The molecule has 0 aromatic heterocycles. The van der Waals surface area contributed by atoms with Crippen LogP contribution in [-0.2, 0) is 22.5 Å². The molecule has 2 unspecified atom stereocenters. The van der Waals surface area contributed by atoms with Crippen molar-refractivity contribution in [1.29, 1.82) is 0 Å². The molecule has 1 N–H and O–H groups in total. The van der Waals surface area contributed by atoms with Gasteiger partial charge >= 0.3 is 6.09 Å². The lowest BCUT2D eigenvalue weighted by Crippen LogP contribution is -2.64. The molecule has 3 aromatic carbocycles. The zero-order valence-corrected chi connectivity index (χ0v) is 34.0. The van der Waals surface area contributed by atoms with Gasteiger partial charge in [-0.25, -0.2) is 4.79 Å². The molecule has 3 aromatic rings. The molecule has 7 nitrogen and oxygen atoms in total. The maximum Gasteiger partial charge on any atom is 0.411 e. The topological polar surface area (TPSA) is 71.1 Å². The largest absolute Gasteiger partial charge is 0.493 e. The van der Waals surface area contributed by atoms with E-state index in [1.165, 1.54) is 5.56 Å². The van der Waals surface area contributed by atoms with Gasteiger partial charge in [-0.2, -0.15) is 0 Å². The molecule has 2 fully saturated rings. The first-order chi connectivity index (χ1) is 24.2. The van der Waals surface area contributed by atoms with Crippen molar-refractivity contribution >= 4 is 76.4 Å². The summed E-state index contributed by atoms with van der Waals surface area (Å²) in [6.07, 6.45) is 2.38. The third-order valence-corrected chi connectivity index (χ3v) is 12.1. The van der Waals surface area contributed by atoms with Gasteiger partial charge in [0.15, 0.2) is 5.60 Å². The Hall–Kier alpha value is -2.65. The van der Waals surface area contributed by atoms with Crippen LogP contribution in [0.25, 0.3) is 5.57 Å². The minimum atomic E-state index is -1.85. The zero-order valence-electron chi connectivity index (χ0n) is 30.1. The normalized spacial score (nSPS) is 18.8. The second kappa shape index (κ2) is 16.4. The van der Waals surface area contributed by atoms with Gasteiger partial charge < -0.3 is 19.7 Å². The van der Waals surface area contributed by atoms with Gasteiger partial charge in [0.2, 0.25) is 3.79 Å². The molecule has 0 radical (unpaired) electrons. The van der Waals surface area contributed by atoms with Crippen LogP contribution >= 0.6 is 58.8 Å². The average Bonchev–Trinajstić information content (AvgIpc) is 3.92. The molecule has 2 amide bonds. The smallest absolute Gasteiger partial charge is 0.411 e. The SMILES string of the molecule is Cc1ccc(C)c(OCCc2ccc(C3=C(C(=O)N(Cc4ccccc4Cl)C4CC4)C4CNCC(C3)N4C(=O)OC(C)(C)C(Cl)(Cl)Cl)cc2)c1C.Cl. The van der Waals surface area contributed by atoms with Crippen molar-refractivity contribution in [2.24, 2.45) is 0 Å². The van der Waals surface area contributed by atoms with Crippen molar-refractivity contribution in [3.63, 3.8) is 0 Å². The van der Waals surface area contributed by atoms with Crippen LogP contribution in [0.15, 0.2) is 66.2 Å². The van der Waals surface area contributed by atoms with Gasteiger partial charge in [0.25, 0.3) is 5.91 Å². The monoisotopic (exact) mass is 807 g/mol. The molecular formula is C40H46Cl5N3O4. The third kappa shape index (κ3) is 8.66. The number of ether oxygens (including phenoxy) is 2. The standard InChI is InChI=1S/C40H45Cl4N3O4.ClH/c1-24-10-11-25(2)36(26(24)3)50-19-18-27-12-14-28(15-13-27)32-20-31-21-45-22-34(47(31)38(49)51-39(4,5)40(42,43)44)35(32)37(48)46(30-16-17-30)23-29-8-6-7-9-33(29)41;/h6-15,30-31,34,45H,16-23H2,1-5H3;1H. The molecule has 1 saturated heterocycles. The Kier molecular flexibility index (Phi) is 12.8. The molecule has 1 saturated carbocycles. The average molecular weight is 810 g/mol. The zero-order chi connectivity index (χ0) is 36.7. The first kappa shape index (κ1) is 40.5. The minimum Gasteiger partial charge on any atom is -0.493 e. The molecule has 1 aliphatic carbocycles. The van der Waals surface area contributed by atoms with Crippen LogP contribution in [0.2, 0.25) is 5.02 Å². The van der Waals surface area contributed by atoms with Gasteiger partial charge in [-0.3, -0.25) is 9.69 Å². The Morgan fingerprint density at radius 2 is 1.62 bits per heavy atom. The van der Waals surface area contributed by atoms with Crippen molar-refractivity contribution in [2.75, 3.05) is 19.7 Å². The molecule has 280 valence electrons. The summed E-state index contributed by atoms with van der Waals surface area (Å²) in [7, 11) is 0. The predicted molar refractivity (Wildman–Crippen MR) is 213 cm³/mol. The van der Waals surface area contributed by atoms with Crippen molar-refractivity contribution in [2.45, 2.75) is 94.4 Å². The van der Waals surface area contributed by atoms with E-state index in [4.69, 9.17) is 55.9 Å². The fraction of sp³-hybridized carbons (Fsp3) is 0.450. The van der Waals surface area contributed by atoms with Crippen molar-refractivity contribution < 1.29 is 19.1 Å². The second-order valence-electron chi connectivity index (χ2n) is 14.4. The van der Waals surface area contributed by atoms with Crippen molar-refractivity contribution in [1.82, 2.24) is 15.1 Å². The summed E-state index contributed by atoms with van der Waals surface area (Å²) in [5, 5.41) is 4.06. The maximum absolute atomic E-state index is 15.0. The lowest BCUT2D eigenvalue weighted by molar-refractivity contribution is -0.129. The molecule has 2 heterocycles. The van der Waals surface area contributed by atoms with Crippen LogP contribution in [0.5, 0.6) is 5.75 Å². The number of nitrogens with one attached hydrogen (secondary N) is 1. The quantitative estimate of drug-likeness (QED) is 0.207. The van der Waals surface area contributed by atoms with Crippen molar-refractivity contribution in [3.8, 4) is 5.75 Å². The van der Waals surface area contributed by atoms with E-state index in [0.29, 0.717) is 43.3 Å². The molecule has 2 aliphatic heterocycles. The number of amides is 2. The second-order valence-corrected chi connectivity index (χ2v) is 17.1. The Morgan fingerprint density at radius 1 is 0.942 bits per heavy atom. The number of piperazine rings is 1. The number of carbonyl (C=O) groups excluding carboxylic acids is 2. The van der Waals surface area contributed by atoms with Crippen LogP contribution in [-0.4, -0.2) is 69.0 Å². The minimum absolute atomic E-state index is 0. The van der Waals surface area contributed by atoms with E-state index in [1.807, 2.05) is 29.2 Å². The molecule has 0 spiro atoms. The molecule has 2 atom stereocenters. The van der Waals surface area contributed by atoms with Gasteiger partial charge in [0.05, 0.1) is 18.7 Å². The summed E-state index contributed by atoms with van der Waals surface area (Å²) in [6.45, 7) is 11.2. The summed E-state index contributed by atoms with van der Waals surface area (Å²) in [5.74, 6) is 0.832. The summed E-state index contributed by atoms with van der Waals surface area (Å²) in [4.78, 5) is 32.5. The number of hydrogen-bond donors (Lipinski definition) is 1. The number of carbonyl (C=O) groups is 2. The molecule has 6 rings (SSSR count). The van der Waals surface area contributed by atoms with Gasteiger partial charge in [-0.05, 0) is 98.9 Å². The van der Waals surface area contributed by atoms with Gasteiger partial charge in [-0.15, -0.1) is 12.4 Å². The highest BCUT2D eigenvalue weighted by atomic mass is 35.6. The molecule has 52 heavy (non-hydrogen) atoms. The molecule has 3 aliphatic rings. The Balaban J connectivity index is 0.00000523. The van der Waals surface area contributed by atoms with E-state index < -0.39 is 21.5 Å². The van der Waals surface area contributed by atoms with E-state index in [2.05, 4.69) is 62.5 Å². The van der Waals surface area contributed by atoms with E-state index >= 15 is 0 Å². The summed E-state index contributed by atoms with van der Waals surface area (Å²) in [5.41, 5.74) is 6.54. The summed E-state index contributed by atoms with van der Waals surface area (Å²) in [6, 6.07) is 19.4. The molecule has 12 heteroatoms. The fourth-order valence-corrected chi connectivity index (χ4v) is 7.27. The van der Waals surface area contributed by atoms with Crippen LogP contribution in [0.1, 0.15) is 66.5 Å². The number of fused-ring (bicyclic) bond motifs is 2. The first-order valence-corrected chi connectivity index (χ1v) is 19.0. The van der Waals surface area contributed by atoms with Crippen LogP contribution in [0.3, 0.4) is 0 Å². The van der Waals surface area contributed by atoms with Gasteiger partial charge in [0, 0.05) is 42.7 Å². The highest BCUT2D eigenvalue weighted by molar-refractivity contribution is 6.68. The predicted octanol–water partition coefficient (Wildman–Crippen LogP) is 9.58. The Morgan fingerprint density at radius 3 is 2.27 bits per heavy atom. The number of rotatable bonds is 10. The van der Waals surface area contributed by atoms with Crippen LogP contribution in [0, 0.1) is 20.8 Å². The number of alkyl halides is 3. The van der Waals surface area contributed by atoms with Crippen molar-refractivity contribution in [3.05, 3.63) is 105 Å². The molecule has 2 bridgehead atoms. The van der Waals surface area contributed by atoms with Crippen LogP contribution < -0.4 is 10.1 Å². The highest BCUT2D eigenvalue weighted by Crippen LogP contribution is 2.44. The summed E-state index contributed by atoms with van der Waals surface area (Å²) < 4.78 is 10.3. The number of benzene rings is 3. The Labute approximate surface area is 333 Å². The summed E-state index contributed by atoms with van der Waals surface area (Å²) >= 11 is 25.2. The van der Waals surface area contributed by atoms with Crippen LogP contribution in [0.4, 0.5) is 4.79 Å². The van der Waals surface area contributed by atoms with E-state index in [1.54, 1.807) is 18.7 Å². The molecular weight excluding hydrogens is 764 g/mol. The maximum atomic E-state index is 15.0. The number of hydrogen-bond acceptors (Lipinski definition) is 5.